The second kappa shape index (κ2) is 24.8. The summed E-state index contributed by atoms with van der Waals surface area (Å²) in [6.45, 7) is 7.70. The minimum Gasteiger partial charge on any atom is -0.478 e. The number of carbonyl (C=O) groups is 4. The van der Waals surface area contributed by atoms with E-state index >= 15 is 0 Å². The lowest BCUT2D eigenvalue weighted by molar-refractivity contribution is 0.0692. The molecule has 0 bridgehead atoms. The SMILES string of the molecule is C[Si](C)(C)CCOC(=O)Nc1c2c(c(OC(c3ccccc3)c3ccccc3)c3ncccc13)C(=O)N(Cc1ccc(F)cc1)C2.O=C(O)c1c2c(c(OC(c3ccccc3)c3ccccc3)c3ncccc13)C(=O)N(Cc1ccc(F)cc1)C2. The Bertz CT molecular complexity index is 4000. The Morgan fingerprint density at radius 3 is 1.38 bits per heavy atom. The Morgan fingerprint density at radius 1 is 0.553 bits per heavy atom. The van der Waals surface area contributed by atoms with Crippen molar-refractivity contribution in [3.63, 3.8) is 0 Å². The van der Waals surface area contributed by atoms with Gasteiger partial charge in [0.2, 0.25) is 0 Å². The number of benzene rings is 8. The molecule has 0 radical (unpaired) electrons. The predicted molar refractivity (Wildman–Crippen MR) is 324 cm³/mol. The number of pyridine rings is 2. The van der Waals surface area contributed by atoms with Crippen LogP contribution in [0.15, 0.2) is 207 Å². The third-order valence-corrected chi connectivity index (χ3v) is 16.6. The molecule has 0 saturated carbocycles. The number of anilines is 1. The average Bonchev–Trinajstić information content (AvgIpc) is 1.95. The molecule has 2 aliphatic heterocycles. The molecule has 2 aliphatic rings. The van der Waals surface area contributed by atoms with Crippen molar-refractivity contribution in [2.24, 2.45) is 0 Å². The third kappa shape index (κ3) is 12.5. The molecule has 0 saturated heterocycles. The lowest BCUT2D eigenvalue weighted by Crippen LogP contribution is -2.24. The molecule has 0 fully saturated rings. The van der Waals surface area contributed by atoms with E-state index in [1.807, 2.05) is 127 Å². The molecule has 2 aromatic heterocycles. The van der Waals surface area contributed by atoms with Crippen LogP contribution in [-0.2, 0) is 30.9 Å². The zero-order chi connectivity index (χ0) is 59.2. The fraction of sp³-hybridized carbons (Fsp3) is 0.159. The van der Waals surface area contributed by atoms with Crippen LogP contribution in [0.3, 0.4) is 0 Å². The van der Waals surface area contributed by atoms with Gasteiger partial charge < -0.3 is 29.1 Å². The van der Waals surface area contributed by atoms with Gasteiger partial charge >= 0.3 is 12.1 Å². The lowest BCUT2D eigenvalue weighted by Gasteiger charge is -2.23. The molecule has 13 nitrogen and oxygen atoms in total. The number of aromatic carboxylic acids is 1. The van der Waals surface area contributed by atoms with E-state index in [0.29, 0.717) is 56.5 Å². The highest BCUT2D eigenvalue weighted by molar-refractivity contribution is 6.76. The van der Waals surface area contributed by atoms with Crippen LogP contribution in [-0.4, -0.2) is 63.4 Å². The van der Waals surface area contributed by atoms with E-state index in [1.165, 1.54) is 24.3 Å². The first kappa shape index (κ1) is 56.8. The van der Waals surface area contributed by atoms with Crippen molar-refractivity contribution >= 4 is 59.4 Å². The fourth-order valence-corrected chi connectivity index (χ4v) is 11.5. The molecule has 16 heteroatoms. The number of ether oxygens (including phenoxy) is 3. The van der Waals surface area contributed by atoms with Crippen LogP contribution >= 0.6 is 0 Å². The number of hydrogen-bond acceptors (Lipinski definition) is 9. The number of carboxylic acids is 1. The van der Waals surface area contributed by atoms with E-state index in [-0.39, 0.29) is 66.5 Å². The van der Waals surface area contributed by atoms with Gasteiger partial charge in [0.1, 0.15) is 34.9 Å². The van der Waals surface area contributed by atoms with Gasteiger partial charge in [-0.15, -0.1) is 0 Å². The molecular formula is C69H59F2N5O8Si. The summed E-state index contributed by atoms with van der Waals surface area (Å²) in [5.41, 5.74) is 7.85. The Labute approximate surface area is 491 Å². The van der Waals surface area contributed by atoms with Gasteiger partial charge in [0.15, 0.2) is 11.5 Å². The van der Waals surface area contributed by atoms with Crippen molar-refractivity contribution in [2.75, 3.05) is 11.9 Å². The summed E-state index contributed by atoms with van der Waals surface area (Å²) in [6, 6.07) is 58.7. The summed E-state index contributed by atoms with van der Waals surface area (Å²) < 4.78 is 46.4. The normalized spacial score (nSPS) is 12.7. The molecule has 10 aromatic rings. The number of halogens is 2. The number of nitrogens with one attached hydrogen (secondary N) is 1. The maximum absolute atomic E-state index is 14.3. The third-order valence-electron chi connectivity index (χ3n) is 14.9. The molecule has 85 heavy (non-hydrogen) atoms. The largest absolute Gasteiger partial charge is 0.478 e. The lowest BCUT2D eigenvalue weighted by atomic mass is 9.96. The van der Waals surface area contributed by atoms with Gasteiger partial charge in [-0.05, 0) is 81.9 Å². The van der Waals surface area contributed by atoms with Crippen LogP contribution in [0.5, 0.6) is 11.5 Å². The fourth-order valence-electron chi connectivity index (χ4n) is 10.8. The van der Waals surface area contributed by atoms with Gasteiger partial charge in [-0.2, -0.15) is 0 Å². The monoisotopic (exact) mass is 1150 g/mol. The van der Waals surface area contributed by atoms with Gasteiger partial charge in [0.05, 0.1) is 29.0 Å². The first-order valence-corrected chi connectivity index (χ1v) is 31.5. The molecule has 4 heterocycles. The van der Waals surface area contributed by atoms with E-state index in [9.17, 15) is 33.1 Å². The average molecular weight is 1150 g/mol. The van der Waals surface area contributed by atoms with Gasteiger partial charge in [-0.25, -0.2) is 18.4 Å². The summed E-state index contributed by atoms with van der Waals surface area (Å²) in [5.74, 6) is -1.91. The van der Waals surface area contributed by atoms with Crippen LogP contribution < -0.4 is 14.8 Å². The minimum absolute atomic E-state index is 0.0337. The topological polar surface area (TPSA) is 160 Å². The summed E-state index contributed by atoms with van der Waals surface area (Å²) in [5, 5.41) is 14.2. The molecule has 426 valence electrons. The van der Waals surface area contributed by atoms with E-state index < -0.39 is 32.3 Å². The predicted octanol–water partition coefficient (Wildman–Crippen LogP) is 15.0. The number of nitrogens with zero attached hydrogens (tertiary/aromatic N) is 4. The van der Waals surface area contributed by atoms with Gasteiger partial charge in [-0.1, -0.05) is 171 Å². The first-order valence-electron chi connectivity index (χ1n) is 27.8. The highest BCUT2D eigenvalue weighted by Gasteiger charge is 2.40. The summed E-state index contributed by atoms with van der Waals surface area (Å²) in [4.78, 5) is 66.3. The Morgan fingerprint density at radius 2 is 0.953 bits per heavy atom. The van der Waals surface area contributed by atoms with Crippen molar-refractivity contribution < 1.29 is 47.3 Å². The second-order valence-corrected chi connectivity index (χ2v) is 27.6. The van der Waals surface area contributed by atoms with E-state index in [4.69, 9.17) is 19.2 Å². The molecule has 0 spiro atoms. The number of carboxylic acid groups (broad SMARTS) is 1. The van der Waals surface area contributed by atoms with Crippen molar-refractivity contribution in [1.82, 2.24) is 19.8 Å². The number of hydrogen-bond donors (Lipinski definition) is 2. The molecule has 8 aromatic carbocycles. The van der Waals surface area contributed by atoms with E-state index in [0.717, 1.165) is 39.4 Å². The standard InChI is InChI=1S/C37H36FN3O4Si.C32H23FN2O4/c1-46(2,3)22-21-44-37(43)40-32-29-15-10-20-39-33(29)35(45-34(26-11-6-4-7-12-26)27-13-8-5-9-14-27)31-30(32)24-41(36(31)42)23-25-16-18-28(38)19-17-25;33-23-15-13-20(14-16-23)18-35-19-25-26(32(37)38)24-12-7-17-34-28(24)30(27(25)31(35)36)39-29(21-8-3-1-4-9-21)22-10-5-2-6-11-22/h4-20,34H,21-24H2,1-3H3,(H,40,43);1-17,29H,18-19H2,(H,37,38). The number of rotatable bonds is 17. The first-order chi connectivity index (χ1) is 41.2. The Hall–Kier alpha value is -10.1. The molecular weight excluding hydrogens is 1090 g/mol. The highest BCUT2D eigenvalue weighted by atomic mass is 28.3. The van der Waals surface area contributed by atoms with Gasteiger partial charge in [0, 0.05) is 68.5 Å². The van der Waals surface area contributed by atoms with E-state index in [1.54, 1.807) is 64.7 Å². The Kier molecular flexibility index (Phi) is 16.6. The van der Waals surface area contributed by atoms with Crippen LogP contribution in [0, 0.1) is 11.6 Å². The van der Waals surface area contributed by atoms with Gasteiger partial charge in [-0.3, -0.25) is 24.9 Å². The zero-order valence-corrected chi connectivity index (χ0v) is 47.9. The van der Waals surface area contributed by atoms with Crippen LogP contribution in [0.4, 0.5) is 19.3 Å². The van der Waals surface area contributed by atoms with Crippen LogP contribution in [0.25, 0.3) is 21.8 Å². The van der Waals surface area contributed by atoms with Crippen LogP contribution in [0.1, 0.15) is 87.8 Å². The smallest absolute Gasteiger partial charge is 0.411 e. The number of aromatic nitrogens is 2. The molecule has 2 N–H and O–H groups in total. The number of fused-ring (bicyclic) bond motifs is 4. The molecule has 0 aliphatic carbocycles. The maximum Gasteiger partial charge on any atom is 0.411 e. The maximum atomic E-state index is 14.3. The summed E-state index contributed by atoms with van der Waals surface area (Å²) in [6.07, 6.45) is 1.50. The van der Waals surface area contributed by atoms with Crippen LogP contribution in [0.2, 0.25) is 25.7 Å². The minimum atomic E-state index is -1.42. The molecule has 0 unspecified atom stereocenters. The Balaban J connectivity index is 0.000000179. The number of carbonyl (C=O) groups excluding carboxylic acids is 3. The quantitative estimate of drug-likeness (QED) is 0.0840. The van der Waals surface area contributed by atoms with Crippen molar-refractivity contribution in [2.45, 2.75) is 64.1 Å². The number of amides is 3. The summed E-state index contributed by atoms with van der Waals surface area (Å²) >= 11 is 0. The van der Waals surface area contributed by atoms with Gasteiger partial charge in [0.25, 0.3) is 11.8 Å². The van der Waals surface area contributed by atoms with Crippen molar-refractivity contribution in [3.05, 3.63) is 279 Å². The summed E-state index contributed by atoms with van der Waals surface area (Å²) in [7, 11) is -1.42. The molecule has 3 amide bonds. The highest BCUT2D eigenvalue weighted by Crippen LogP contribution is 2.47. The second-order valence-electron chi connectivity index (χ2n) is 22.0. The van der Waals surface area contributed by atoms with Crippen molar-refractivity contribution in [3.8, 4) is 11.5 Å². The molecule has 12 rings (SSSR count). The van der Waals surface area contributed by atoms with E-state index in [2.05, 4.69) is 29.9 Å². The van der Waals surface area contributed by atoms with Crippen molar-refractivity contribution in [1.29, 1.82) is 0 Å². The zero-order valence-electron chi connectivity index (χ0n) is 46.9. The molecule has 0 atom stereocenters.